The van der Waals surface area contributed by atoms with Crippen LogP contribution in [0.25, 0.3) is 0 Å². The van der Waals surface area contributed by atoms with Gasteiger partial charge in [-0.1, -0.05) is 18.2 Å². The van der Waals surface area contributed by atoms with Gasteiger partial charge in [0.2, 0.25) is 0 Å². The molecule has 2 nitrogen and oxygen atoms in total. The van der Waals surface area contributed by atoms with E-state index in [2.05, 4.69) is 5.32 Å². The van der Waals surface area contributed by atoms with Crippen molar-refractivity contribution in [1.29, 1.82) is 0 Å². The molecule has 2 aromatic carbocycles. The second kappa shape index (κ2) is 6.48. The standard InChI is InChI=1S/C16H17F2NO/c1-19-14(10-11-5-3-6-12(17)9-11)16-13(18)7-4-8-15(16)20-2/h3-9,14,19H,10H2,1-2H3. The van der Waals surface area contributed by atoms with E-state index in [1.165, 1.54) is 25.3 Å². The molecule has 0 aliphatic rings. The van der Waals surface area contributed by atoms with Crippen LogP contribution in [0, 0.1) is 11.6 Å². The first-order valence-electron chi connectivity index (χ1n) is 6.39. The molecule has 1 atom stereocenters. The van der Waals surface area contributed by atoms with Crippen LogP contribution >= 0.6 is 0 Å². The average Bonchev–Trinajstić information content (AvgIpc) is 2.45. The molecule has 1 unspecified atom stereocenters. The molecule has 0 aliphatic carbocycles. The van der Waals surface area contributed by atoms with E-state index in [-0.39, 0.29) is 17.7 Å². The molecule has 2 rings (SSSR count). The fourth-order valence-corrected chi connectivity index (χ4v) is 2.28. The van der Waals surface area contributed by atoms with E-state index >= 15 is 0 Å². The van der Waals surface area contributed by atoms with E-state index < -0.39 is 0 Å². The quantitative estimate of drug-likeness (QED) is 0.903. The van der Waals surface area contributed by atoms with Crippen molar-refractivity contribution in [3.8, 4) is 5.75 Å². The van der Waals surface area contributed by atoms with Crippen LogP contribution in [0.2, 0.25) is 0 Å². The average molecular weight is 277 g/mol. The molecule has 0 amide bonds. The molecule has 0 saturated carbocycles. The highest BCUT2D eigenvalue weighted by molar-refractivity contribution is 5.38. The Morgan fingerprint density at radius 1 is 1.15 bits per heavy atom. The summed E-state index contributed by atoms with van der Waals surface area (Å²) in [6.07, 6.45) is 0.478. The van der Waals surface area contributed by atoms with E-state index in [1.807, 2.05) is 6.07 Å². The molecular formula is C16H17F2NO. The predicted octanol–water partition coefficient (Wildman–Crippen LogP) is 3.48. The number of nitrogens with one attached hydrogen (secondary N) is 1. The van der Waals surface area contributed by atoms with Crippen molar-refractivity contribution < 1.29 is 13.5 Å². The molecule has 0 saturated heterocycles. The summed E-state index contributed by atoms with van der Waals surface area (Å²) in [6.45, 7) is 0. The normalized spacial score (nSPS) is 12.2. The number of likely N-dealkylation sites (N-methyl/N-ethyl adjacent to an activating group) is 1. The molecule has 2 aromatic rings. The van der Waals surface area contributed by atoms with E-state index in [1.54, 1.807) is 25.2 Å². The maximum atomic E-state index is 14.1. The van der Waals surface area contributed by atoms with Crippen molar-refractivity contribution in [2.75, 3.05) is 14.2 Å². The zero-order chi connectivity index (χ0) is 14.5. The van der Waals surface area contributed by atoms with Crippen LogP contribution in [0.1, 0.15) is 17.2 Å². The fourth-order valence-electron chi connectivity index (χ4n) is 2.28. The van der Waals surface area contributed by atoms with Crippen LogP contribution < -0.4 is 10.1 Å². The number of rotatable bonds is 5. The number of halogens is 2. The molecule has 1 N–H and O–H groups in total. The van der Waals surface area contributed by atoms with Gasteiger partial charge in [-0.15, -0.1) is 0 Å². The zero-order valence-electron chi connectivity index (χ0n) is 11.5. The molecule has 0 aromatic heterocycles. The molecule has 0 bridgehead atoms. The van der Waals surface area contributed by atoms with Gasteiger partial charge in [0.25, 0.3) is 0 Å². The van der Waals surface area contributed by atoms with Gasteiger partial charge in [0.1, 0.15) is 17.4 Å². The summed E-state index contributed by atoms with van der Waals surface area (Å²) in [6, 6.07) is 10.7. The second-order valence-electron chi connectivity index (χ2n) is 4.53. The van der Waals surface area contributed by atoms with E-state index in [4.69, 9.17) is 4.74 Å². The van der Waals surface area contributed by atoms with Gasteiger partial charge in [-0.25, -0.2) is 8.78 Å². The zero-order valence-corrected chi connectivity index (χ0v) is 11.5. The Kier molecular flexibility index (Phi) is 4.69. The Hall–Kier alpha value is -1.94. The maximum absolute atomic E-state index is 14.1. The molecule has 0 fully saturated rings. The highest BCUT2D eigenvalue weighted by atomic mass is 19.1. The molecule has 0 heterocycles. The Morgan fingerprint density at radius 3 is 2.55 bits per heavy atom. The Labute approximate surface area is 117 Å². The third-order valence-electron chi connectivity index (χ3n) is 3.26. The first kappa shape index (κ1) is 14.5. The van der Waals surface area contributed by atoms with E-state index in [0.29, 0.717) is 17.7 Å². The first-order chi connectivity index (χ1) is 9.65. The smallest absolute Gasteiger partial charge is 0.131 e. The lowest BCUT2D eigenvalue weighted by molar-refractivity contribution is 0.393. The van der Waals surface area contributed by atoms with Crippen LogP contribution in [-0.2, 0) is 6.42 Å². The summed E-state index contributed by atoms with van der Waals surface area (Å²) < 4.78 is 32.5. The number of ether oxygens (including phenoxy) is 1. The van der Waals surface area contributed by atoms with Gasteiger partial charge in [-0.05, 0) is 43.3 Å². The Bertz CT molecular complexity index is 586. The summed E-state index contributed by atoms with van der Waals surface area (Å²) >= 11 is 0. The van der Waals surface area contributed by atoms with Crippen molar-refractivity contribution in [2.24, 2.45) is 0 Å². The van der Waals surface area contributed by atoms with Crippen molar-refractivity contribution >= 4 is 0 Å². The number of hydrogen-bond donors (Lipinski definition) is 1. The lowest BCUT2D eigenvalue weighted by Gasteiger charge is -2.20. The molecule has 20 heavy (non-hydrogen) atoms. The molecule has 4 heteroatoms. The van der Waals surface area contributed by atoms with Gasteiger partial charge >= 0.3 is 0 Å². The van der Waals surface area contributed by atoms with Gasteiger partial charge in [0.05, 0.1) is 7.11 Å². The summed E-state index contributed by atoms with van der Waals surface area (Å²) in [5.41, 5.74) is 1.26. The second-order valence-corrected chi connectivity index (χ2v) is 4.53. The summed E-state index contributed by atoms with van der Waals surface area (Å²) in [5.74, 6) is -0.140. The highest BCUT2D eigenvalue weighted by Crippen LogP contribution is 2.30. The van der Waals surface area contributed by atoms with Gasteiger partial charge in [-0.3, -0.25) is 0 Å². The van der Waals surface area contributed by atoms with Crippen molar-refractivity contribution in [2.45, 2.75) is 12.5 Å². The van der Waals surface area contributed by atoms with Crippen LogP contribution in [0.15, 0.2) is 42.5 Å². The first-order valence-corrected chi connectivity index (χ1v) is 6.39. The van der Waals surface area contributed by atoms with Crippen molar-refractivity contribution in [1.82, 2.24) is 5.32 Å². The van der Waals surface area contributed by atoms with Crippen molar-refractivity contribution in [3.05, 3.63) is 65.2 Å². The number of benzene rings is 2. The van der Waals surface area contributed by atoms with E-state index in [0.717, 1.165) is 5.56 Å². The Balaban J connectivity index is 2.33. The Morgan fingerprint density at radius 2 is 1.90 bits per heavy atom. The molecule has 0 radical (unpaired) electrons. The van der Waals surface area contributed by atoms with Crippen LogP contribution in [0.4, 0.5) is 8.78 Å². The van der Waals surface area contributed by atoms with Crippen LogP contribution in [0.5, 0.6) is 5.75 Å². The number of hydrogen-bond acceptors (Lipinski definition) is 2. The molecule has 106 valence electrons. The van der Waals surface area contributed by atoms with Crippen LogP contribution in [0.3, 0.4) is 0 Å². The topological polar surface area (TPSA) is 21.3 Å². The van der Waals surface area contributed by atoms with Gasteiger partial charge in [0.15, 0.2) is 0 Å². The SMILES string of the molecule is CNC(Cc1cccc(F)c1)c1c(F)cccc1OC. The van der Waals surface area contributed by atoms with Gasteiger partial charge < -0.3 is 10.1 Å². The lowest BCUT2D eigenvalue weighted by Crippen LogP contribution is -2.21. The summed E-state index contributed by atoms with van der Waals surface area (Å²) in [7, 11) is 3.25. The van der Waals surface area contributed by atoms with Gasteiger partial charge in [0, 0.05) is 11.6 Å². The fraction of sp³-hybridized carbons (Fsp3) is 0.250. The van der Waals surface area contributed by atoms with E-state index in [9.17, 15) is 8.78 Å². The number of methoxy groups -OCH3 is 1. The lowest BCUT2D eigenvalue weighted by atomic mass is 9.97. The summed E-state index contributed by atoms with van der Waals surface area (Å²) in [5, 5.41) is 3.06. The molecule has 0 spiro atoms. The minimum atomic E-state index is -0.333. The largest absolute Gasteiger partial charge is 0.496 e. The van der Waals surface area contributed by atoms with Gasteiger partial charge in [-0.2, -0.15) is 0 Å². The minimum absolute atomic E-state index is 0.284. The van der Waals surface area contributed by atoms with Crippen molar-refractivity contribution in [3.63, 3.8) is 0 Å². The maximum Gasteiger partial charge on any atom is 0.131 e. The monoisotopic (exact) mass is 277 g/mol. The minimum Gasteiger partial charge on any atom is -0.496 e. The third kappa shape index (κ3) is 3.14. The van der Waals surface area contributed by atoms with Crippen LogP contribution in [-0.4, -0.2) is 14.2 Å². The predicted molar refractivity (Wildman–Crippen MR) is 74.9 cm³/mol. The molecular weight excluding hydrogens is 260 g/mol. The molecule has 0 aliphatic heterocycles. The highest BCUT2D eigenvalue weighted by Gasteiger charge is 2.19. The third-order valence-corrected chi connectivity index (χ3v) is 3.26. The summed E-state index contributed by atoms with van der Waals surface area (Å²) in [4.78, 5) is 0.